The van der Waals surface area contributed by atoms with Crippen LogP contribution in [0.25, 0.3) is 11.3 Å². The SMILES string of the molecule is O=C(NCCn1nc(-c2ccccc2)ccc1=O)c1ccc(Cl)c(Cl)c1. The maximum absolute atomic E-state index is 12.2. The second kappa shape index (κ2) is 8.17. The van der Waals surface area contributed by atoms with Gasteiger partial charge in [-0.3, -0.25) is 9.59 Å². The fraction of sp³-hybridized carbons (Fsp3) is 0.105. The number of nitrogens with one attached hydrogen (secondary N) is 1. The molecule has 5 nitrogen and oxygen atoms in total. The lowest BCUT2D eigenvalue weighted by atomic mass is 10.1. The van der Waals surface area contributed by atoms with Gasteiger partial charge in [0.1, 0.15) is 0 Å². The van der Waals surface area contributed by atoms with E-state index in [-0.39, 0.29) is 24.6 Å². The van der Waals surface area contributed by atoms with Crippen molar-refractivity contribution in [3.8, 4) is 11.3 Å². The monoisotopic (exact) mass is 387 g/mol. The Bertz CT molecular complexity index is 988. The van der Waals surface area contributed by atoms with Gasteiger partial charge in [0.2, 0.25) is 0 Å². The van der Waals surface area contributed by atoms with Crippen LogP contribution in [0.1, 0.15) is 10.4 Å². The largest absolute Gasteiger partial charge is 0.350 e. The maximum atomic E-state index is 12.2. The topological polar surface area (TPSA) is 64.0 Å². The fourth-order valence-corrected chi connectivity index (χ4v) is 2.68. The molecule has 3 rings (SSSR count). The number of carbonyl (C=O) groups is 1. The van der Waals surface area contributed by atoms with E-state index in [0.29, 0.717) is 21.3 Å². The molecule has 0 fully saturated rings. The minimum atomic E-state index is -0.296. The van der Waals surface area contributed by atoms with Crippen molar-refractivity contribution >= 4 is 29.1 Å². The Kier molecular flexibility index (Phi) is 5.71. The quantitative estimate of drug-likeness (QED) is 0.726. The van der Waals surface area contributed by atoms with Crippen LogP contribution in [0, 0.1) is 0 Å². The highest BCUT2D eigenvalue weighted by molar-refractivity contribution is 6.42. The van der Waals surface area contributed by atoms with E-state index in [9.17, 15) is 9.59 Å². The lowest BCUT2D eigenvalue weighted by Gasteiger charge is -2.09. The summed E-state index contributed by atoms with van der Waals surface area (Å²) in [5.41, 5.74) is 1.79. The number of amides is 1. The van der Waals surface area contributed by atoms with Gasteiger partial charge in [0, 0.05) is 23.7 Å². The lowest BCUT2D eigenvalue weighted by molar-refractivity contribution is 0.0952. The first-order valence-corrected chi connectivity index (χ1v) is 8.67. The smallest absolute Gasteiger partial charge is 0.266 e. The molecule has 0 unspecified atom stereocenters. The molecule has 1 aromatic heterocycles. The number of hydrogen-bond donors (Lipinski definition) is 1. The lowest BCUT2D eigenvalue weighted by Crippen LogP contribution is -2.31. The number of hydrogen-bond acceptors (Lipinski definition) is 3. The summed E-state index contributed by atoms with van der Waals surface area (Å²) in [6.07, 6.45) is 0. The van der Waals surface area contributed by atoms with Crippen LogP contribution in [0.15, 0.2) is 65.5 Å². The number of halogens is 2. The van der Waals surface area contributed by atoms with E-state index >= 15 is 0 Å². The molecule has 1 N–H and O–H groups in total. The molecule has 0 saturated heterocycles. The van der Waals surface area contributed by atoms with Crippen LogP contribution in [0.5, 0.6) is 0 Å². The minimum Gasteiger partial charge on any atom is -0.350 e. The van der Waals surface area contributed by atoms with Crippen LogP contribution in [0.2, 0.25) is 10.0 Å². The number of rotatable bonds is 5. The third-order valence-corrected chi connectivity index (χ3v) is 4.47. The number of nitrogens with zero attached hydrogens (tertiary/aromatic N) is 2. The number of carbonyl (C=O) groups excluding carboxylic acids is 1. The molecule has 132 valence electrons. The molecule has 0 bridgehead atoms. The molecular formula is C19H15Cl2N3O2. The van der Waals surface area contributed by atoms with Gasteiger partial charge >= 0.3 is 0 Å². The van der Waals surface area contributed by atoms with E-state index in [4.69, 9.17) is 23.2 Å². The van der Waals surface area contributed by atoms with Crippen molar-refractivity contribution in [2.45, 2.75) is 6.54 Å². The average molecular weight is 388 g/mol. The summed E-state index contributed by atoms with van der Waals surface area (Å²) >= 11 is 11.8. The highest BCUT2D eigenvalue weighted by atomic mass is 35.5. The summed E-state index contributed by atoms with van der Waals surface area (Å²) in [6.45, 7) is 0.511. The predicted octanol–water partition coefficient (Wildman–Crippen LogP) is 3.65. The first kappa shape index (κ1) is 18.2. The Hall–Kier alpha value is -2.63. The van der Waals surface area contributed by atoms with E-state index in [1.807, 2.05) is 30.3 Å². The molecule has 3 aromatic rings. The van der Waals surface area contributed by atoms with Gasteiger partial charge in [-0.25, -0.2) is 4.68 Å². The molecule has 0 atom stereocenters. The van der Waals surface area contributed by atoms with Gasteiger partial charge < -0.3 is 5.32 Å². The zero-order valence-corrected chi connectivity index (χ0v) is 15.2. The summed E-state index contributed by atoms with van der Waals surface area (Å²) in [6, 6.07) is 17.4. The van der Waals surface area contributed by atoms with Gasteiger partial charge in [-0.15, -0.1) is 0 Å². The molecule has 1 amide bonds. The van der Waals surface area contributed by atoms with Crippen molar-refractivity contribution in [3.05, 3.63) is 86.6 Å². The molecule has 1 heterocycles. The van der Waals surface area contributed by atoms with E-state index in [1.54, 1.807) is 18.2 Å². The fourth-order valence-electron chi connectivity index (χ4n) is 2.39. The Morgan fingerprint density at radius 2 is 1.77 bits per heavy atom. The van der Waals surface area contributed by atoms with Gasteiger partial charge in [-0.1, -0.05) is 53.5 Å². The van der Waals surface area contributed by atoms with Crippen molar-refractivity contribution in [3.63, 3.8) is 0 Å². The molecule has 0 saturated carbocycles. The van der Waals surface area contributed by atoms with Crippen molar-refractivity contribution in [2.75, 3.05) is 6.54 Å². The van der Waals surface area contributed by atoms with Gasteiger partial charge in [0.25, 0.3) is 11.5 Å². The Morgan fingerprint density at radius 1 is 1.00 bits per heavy atom. The summed E-state index contributed by atoms with van der Waals surface area (Å²) in [5.74, 6) is -0.296. The zero-order chi connectivity index (χ0) is 18.5. The molecule has 0 radical (unpaired) electrons. The zero-order valence-electron chi connectivity index (χ0n) is 13.7. The summed E-state index contributed by atoms with van der Waals surface area (Å²) in [4.78, 5) is 24.1. The molecule has 2 aromatic carbocycles. The van der Waals surface area contributed by atoms with Gasteiger partial charge in [-0.05, 0) is 24.3 Å². The molecule has 0 spiro atoms. The van der Waals surface area contributed by atoms with Crippen LogP contribution in [0.4, 0.5) is 0 Å². The molecular weight excluding hydrogens is 373 g/mol. The summed E-state index contributed by atoms with van der Waals surface area (Å²) < 4.78 is 1.33. The summed E-state index contributed by atoms with van der Waals surface area (Å²) in [7, 11) is 0. The first-order chi connectivity index (χ1) is 12.5. The second-order valence-corrected chi connectivity index (χ2v) is 6.35. The van der Waals surface area contributed by atoms with Crippen LogP contribution >= 0.6 is 23.2 Å². The Labute approximate surface area is 160 Å². The highest BCUT2D eigenvalue weighted by Crippen LogP contribution is 2.22. The molecule has 0 aliphatic carbocycles. The normalized spacial score (nSPS) is 10.5. The third-order valence-electron chi connectivity index (χ3n) is 3.73. The van der Waals surface area contributed by atoms with Crippen LogP contribution in [0.3, 0.4) is 0 Å². The number of benzene rings is 2. The van der Waals surface area contributed by atoms with E-state index in [2.05, 4.69) is 10.4 Å². The third kappa shape index (κ3) is 4.31. The predicted molar refractivity (Wildman–Crippen MR) is 103 cm³/mol. The van der Waals surface area contributed by atoms with Crippen LogP contribution in [-0.2, 0) is 6.54 Å². The van der Waals surface area contributed by atoms with Gasteiger partial charge in [0.15, 0.2) is 0 Å². The van der Waals surface area contributed by atoms with Gasteiger partial charge in [-0.2, -0.15) is 5.10 Å². The van der Waals surface area contributed by atoms with E-state index in [0.717, 1.165) is 5.56 Å². The van der Waals surface area contributed by atoms with E-state index < -0.39 is 0 Å². The number of aromatic nitrogens is 2. The first-order valence-electron chi connectivity index (χ1n) is 7.91. The van der Waals surface area contributed by atoms with Crippen molar-refractivity contribution in [2.24, 2.45) is 0 Å². The van der Waals surface area contributed by atoms with E-state index in [1.165, 1.54) is 16.8 Å². The Balaban J connectivity index is 1.67. The van der Waals surface area contributed by atoms with Crippen molar-refractivity contribution in [1.29, 1.82) is 0 Å². The van der Waals surface area contributed by atoms with Crippen LogP contribution in [-0.4, -0.2) is 22.2 Å². The second-order valence-electron chi connectivity index (χ2n) is 5.53. The summed E-state index contributed by atoms with van der Waals surface area (Å²) in [5, 5.41) is 7.79. The highest BCUT2D eigenvalue weighted by Gasteiger charge is 2.08. The molecule has 7 heteroatoms. The van der Waals surface area contributed by atoms with Gasteiger partial charge in [0.05, 0.1) is 22.3 Å². The minimum absolute atomic E-state index is 0.228. The Morgan fingerprint density at radius 3 is 2.50 bits per heavy atom. The molecule has 0 aliphatic heterocycles. The molecule has 0 aliphatic rings. The average Bonchev–Trinajstić information content (AvgIpc) is 2.66. The van der Waals surface area contributed by atoms with Crippen LogP contribution < -0.4 is 10.9 Å². The standard InChI is InChI=1S/C19H15Cl2N3O2/c20-15-7-6-14(12-16(15)21)19(26)22-10-11-24-18(25)9-8-17(23-24)13-4-2-1-3-5-13/h1-9,12H,10-11H2,(H,22,26). The van der Waals surface area contributed by atoms with Crippen molar-refractivity contribution < 1.29 is 4.79 Å². The van der Waals surface area contributed by atoms with Crippen molar-refractivity contribution in [1.82, 2.24) is 15.1 Å². The molecule has 26 heavy (non-hydrogen) atoms. The maximum Gasteiger partial charge on any atom is 0.266 e.